The van der Waals surface area contributed by atoms with Crippen molar-refractivity contribution >= 4 is 46.4 Å². The first kappa shape index (κ1) is 33.5. The fraction of sp³-hybridized carbons (Fsp3) is 0.256. The number of nitrogens with zero attached hydrogens (tertiary/aromatic N) is 4. The molecule has 1 radical (unpaired) electrons. The molecule has 0 atom stereocenters. The third kappa shape index (κ3) is 6.64. The van der Waals surface area contributed by atoms with Gasteiger partial charge in [-0.15, -0.1) is 54.1 Å². The Bertz CT molecular complexity index is 2140. The van der Waals surface area contributed by atoms with Crippen molar-refractivity contribution in [2.24, 2.45) is 13.0 Å². The molecule has 3 aromatic carbocycles. The van der Waals surface area contributed by atoms with Crippen molar-refractivity contribution in [3.8, 4) is 22.6 Å². The van der Waals surface area contributed by atoms with Crippen LogP contribution in [0.3, 0.4) is 0 Å². The summed E-state index contributed by atoms with van der Waals surface area (Å²) in [7, 11) is 0.679. The van der Waals surface area contributed by atoms with Gasteiger partial charge in [-0.2, -0.15) is 0 Å². The van der Waals surface area contributed by atoms with E-state index in [1.807, 2.05) is 62.5 Å². The number of hydrogen-bond donors (Lipinski definition) is 0. The number of rotatable bonds is 5. The van der Waals surface area contributed by atoms with Gasteiger partial charge in [-0.1, -0.05) is 68.2 Å². The maximum absolute atomic E-state index is 6.13. The Balaban J connectivity index is 0.000000182. The van der Waals surface area contributed by atoms with Crippen molar-refractivity contribution in [2.75, 3.05) is 0 Å². The summed E-state index contributed by atoms with van der Waals surface area (Å²) in [5.74, 6) is 1.51. The molecule has 237 valence electrons. The Hall–Kier alpha value is -3.90. The Labute approximate surface area is 286 Å². The molecule has 0 spiro atoms. The molecule has 4 aromatic heterocycles. The number of furan rings is 1. The van der Waals surface area contributed by atoms with Crippen molar-refractivity contribution in [3.63, 3.8) is 0 Å². The van der Waals surface area contributed by atoms with Gasteiger partial charge < -0.3 is 14.0 Å². The Morgan fingerprint density at radius 2 is 1.65 bits per heavy atom. The number of para-hydroxylation sites is 2. The van der Waals surface area contributed by atoms with E-state index in [1.165, 1.54) is 10.8 Å². The molecule has 0 aliphatic heterocycles. The predicted octanol–water partition coefficient (Wildman–Crippen LogP) is 9.24. The number of fused-ring (bicyclic) bond motifs is 4. The Kier molecular flexibility index (Phi) is 9.78. The zero-order chi connectivity index (χ0) is 31.9. The maximum atomic E-state index is 6.13. The molecule has 0 aliphatic rings. The summed E-state index contributed by atoms with van der Waals surface area (Å²) in [6.07, 6.45) is 3.24. The van der Waals surface area contributed by atoms with Crippen molar-refractivity contribution in [1.29, 1.82) is 0 Å². The first-order valence-corrected chi connectivity index (χ1v) is 19.1. The Morgan fingerprint density at radius 1 is 0.891 bits per heavy atom. The van der Waals surface area contributed by atoms with Crippen LogP contribution < -0.4 is 5.19 Å². The maximum Gasteiger partial charge on any atom is 0.216 e. The minimum atomic E-state index is -1.34. The second-order valence-corrected chi connectivity index (χ2v) is 18.3. The molecule has 7 aromatic rings. The zero-order valence-electron chi connectivity index (χ0n) is 27.8. The molecule has 0 unspecified atom stereocenters. The van der Waals surface area contributed by atoms with Gasteiger partial charge in [-0.25, -0.2) is 4.98 Å². The van der Waals surface area contributed by atoms with Gasteiger partial charge in [-0.3, -0.25) is 4.98 Å². The van der Waals surface area contributed by atoms with Gasteiger partial charge >= 0.3 is 0 Å². The van der Waals surface area contributed by atoms with E-state index in [4.69, 9.17) is 9.40 Å². The molecule has 0 aliphatic carbocycles. The molecule has 0 saturated heterocycles. The zero-order valence-corrected chi connectivity index (χ0v) is 31.2. The molecule has 7 heteroatoms. The van der Waals surface area contributed by atoms with E-state index in [0.717, 1.165) is 67.7 Å². The number of aromatic nitrogens is 4. The van der Waals surface area contributed by atoms with Crippen LogP contribution in [0.4, 0.5) is 0 Å². The number of hydrogen-bond acceptors (Lipinski definition) is 4. The fourth-order valence-corrected chi connectivity index (χ4v) is 7.46. The predicted molar refractivity (Wildman–Crippen MR) is 190 cm³/mol. The van der Waals surface area contributed by atoms with Gasteiger partial charge in [0.15, 0.2) is 0 Å². The number of pyridine rings is 2. The number of aryl methyl sites for hydroxylation is 3. The van der Waals surface area contributed by atoms with Gasteiger partial charge in [0.2, 0.25) is 5.71 Å². The standard InChI is InChI=1S/C21H16N3O.C18H24NSi.Ir/c1-12-11-16-14-7-6-8-15(19(14)25-21(16)22-13(12)2)20-23-17-9-4-5-10-18(17)24(20)3;1-14(2)11-16-12-17(15-9-7-6-8-10-15)19-13-18(16)20(3,4)5;/h4-7,9-11H,1-3H3;6-9,12-14H,11H2,1-5H3;/q2*-1;. The van der Waals surface area contributed by atoms with Crippen molar-refractivity contribution in [1.82, 2.24) is 19.5 Å². The number of benzene rings is 3. The summed E-state index contributed by atoms with van der Waals surface area (Å²) in [6, 6.07) is 31.1. The third-order valence-electron chi connectivity index (χ3n) is 8.29. The summed E-state index contributed by atoms with van der Waals surface area (Å²) in [5, 5.41) is 3.57. The van der Waals surface area contributed by atoms with Gasteiger partial charge in [0, 0.05) is 44.4 Å². The van der Waals surface area contributed by atoms with Crippen LogP contribution in [-0.4, -0.2) is 27.6 Å². The van der Waals surface area contributed by atoms with Crippen molar-refractivity contribution < 1.29 is 24.5 Å². The van der Waals surface area contributed by atoms with Crippen LogP contribution in [0.5, 0.6) is 0 Å². The van der Waals surface area contributed by atoms with Gasteiger partial charge in [-0.05, 0) is 60.8 Å². The fourth-order valence-electron chi connectivity index (χ4n) is 5.87. The van der Waals surface area contributed by atoms with Gasteiger partial charge in [0.25, 0.3) is 0 Å². The van der Waals surface area contributed by atoms with Crippen LogP contribution in [0.1, 0.15) is 30.7 Å². The monoisotopic (exact) mass is 801 g/mol. The van der Waals surface area contributed by atoms with Crippen LogP contribution in [0, 0.1) is 31.9 Å². The van der Waals surface area contributed by atoms with Crippen LogP contribution in [0.25, 0.3) is 55.7 Å². The van der Waals surface area contributed by atoms with Crippen LogP contribution >= 0.6 is 0 Å². The molecule has 0 fully saturated rings. The third-order valence-corrected chi connectivity index (χ3v) is 10.4. The van der Waals surface area contributed by atoms with Gasteiger partial charge in [0.05, 0.1) is 30.5 Å². The molecule has 4 heterocycles. The minimum absolute atomic E-state index is 0. The molecular weight excluding hydrogens is 761 g/mol. The molecule has 7 rings (SSSR count). The molecule has 0 bridgehead atoms. The average Bonchev–Trinajstić information content (AvgIpc) is 3.54. The minimum Gasteiger partial charge on any atom is -0.486 e. The SMILES string of the molecule is CC(C)Cc1cc(-c2[c-]cccc2)ncc1[Si](C)(C)C.Cc1cc2c(nc1C)oc1c(-c3nc4ccccc4n3C)[c-]ccc12.[Ir]. The smallest absolute Gasteiger partial charge is 0.216 e. The summed E-state index contributed by atoms with van der Waals surface area (Å²) < 4.78 is 8.21. The molecule has 0 saturated carbocycles. The summed E-state index contributed by atoms with van der Waals surface area (Å²) in [6.45, 7) is 15.8. The quantitative estimate of drug-likeness (QED) is 0.129. The second kappa shape index (κ2) is 13.4. The molecule has 0 amide bonds. The Morgan fingerprint density at radius 3 is 2.35 bits per heavy atom. The summed E-state index contributed by atoms with van der Waals surface area (Å²) >= 11 is 0. The van der Waals surface area contributed by atoms with E-state index >= 15 is 0 Å². The summed E-state index contributed by atoms with van der Waals surface area (Å²) in [4.78, 5) is 14.1. The van der Waals surface area contributed by atoms with Crippen LogP contribution in [-0.2, 0) is 33.6 Å². The molecule has 0 N–H and O–H groups in total. The number of imidazole rings is 1. The van der Waals surface area contributed by atoms with E-state index in [2.05, 4.69) is 97.5 Å². The molecule has 46 heavy (non-hydrogen) atoms. The largest absolute Gasteiger partial charge is 0.486 e. The summed E-state index contributed by atoms with van der Waals surface area (Å²) in [5.41, 5.74) is 10.1. The van der Waals surface area contributed by atoms with Crippen LogP contribution in [0.2, 0.25) is 19.6 Å². The van der Waals surface area contributed by atoms with Crippen molar-refractivity contribution in [2.45, 2.75) is 53.8 Å². The van der Waals surface area contributed by atoms with Crippen LogP contribution in [0.15, 0.2) is 83.4 Å². The van der Waals surface area contributed by atoms with E-state index < -0.39 is 8.07 Å². The van der Waals surface area contributed by atoms with Crippen molar-refractivity contribution in [3.05, 3.63) is 108 Å². The van der Waals surface area contributed by atoms with E-state index in [1.54, 1.807) is 0 Å². The first-order valence-electron chi connectivity index (χ1n) is 15.6. The molecule has 5 nitrogen and oxygen atoms in total. The van der Waals surface area contributed by atoms with Gasteiger partial charge in [0.1, 0.15) is 0 Å². The first-order chi connectivity index (χ1) is 21.5. The topological polar surface area (TPSA) is 56.7 Å². The van der Waals surface area contributed by atoms with E-state index in [9.17, 15) is 0 Å². The average molecular weight is 801 g/mol. The normalized spacial score (nSPS) is 11.6. The molecular formula is C39H40IrN4OSi-2. The van der Waals surface area contributed by atoms with E-state index in [0.29, 0.717) is 11.6 Å². The van der Waals surface area contributed by atoms with E-state index in [-0.39, 0.29) is 20.1 Å². The second-order valence-electron chi connectivity index (χ2n) is 13.3.